The van der Waals surface area contributed by atoms with Crippen LogP contribution in [0, 0.1) is 0 Å². The molecule has 102 valence electrons. The van der Waals surface area contributed by atoms with E-state index < -0.39 is 0 Å². The number of fused-ring (bicyclic) bond motifs is 1. The molecule has 2 heterocycles. The quantitative estimate of drug-likeness (QED) is 0.887. The Bertz CT molecular complexity index is 622. The van der Waals surface area contributed by atoms with Gasteiger partial charge in [0.25, 0.3) is 0 Å². The number of aromatic nitrogens is 4. The molecule has 2 unspecified atom stereocenters. The molecule has 2 aromatic rings. The van der Waals surface area contributed by atoms with Gasteiger partial charge in [0.15, 0.2) is 5.65 Å². The van der Waals surface area contributed by atoms with E-state index in [1.165, 1.54) is 23.1 Å². The summed E-state index contributed by atoms with van der Waals surface area (Å²) in [4.78, 5) is 11.5. The number of rotatable bonds is 4. The van der Waals surface area contributed by atoms with Gasteiger partial charge in [0.1, 0.15) is 5.82 Å². The van der Waals surface area contributed by atoms with Crippen molar-refractivity contribution >= 4 is 23.2 Å². The predicted molar refractivity (Wildman–Crippen MR) is 76.8 cm³/mol. The third-order valence-electron chi connectivity index (χ3n) is 3.41. The molecular formula is C12H17N5OS. The molecule has 0 aromatic carbocycles. The molecule has 2 N–H and O–H groups in total. The first-order valence-corrected chi connectivity index (χ1v) is 7.63. The van der Waals surface area contributed by atoms with E-state index in [0.29, 0.717) is 11.7 Å². The van der Waals surface area contributed by atoms with Crippen molar-refractivity contribution < 1.29 is 0 Å². The van der Waals surface area contributed by atoms with Crippen LogP contribution in [0.2, 0.25) is 0 Å². The fraction of sp³-hybridized carbons (Fsp3) is 0.583. The molecule has 0 saturated heterocycles. The molecule has 7 heteroatoms. The zero-order chi connectivity index (χ0) is 13.2. The van der Waals surface area contributed by atoms with Crippen LogP contribution in [0.25, 0.3) is 5.65 Å². The molecule has 3 rings (SSSR count). The summed E-state index contributed by atoms with van der Waals surface area (Å²) >= 11 is 2.03. The van der Waals surface area contributed by atoms with Gasteiger partial charge in [0.2, 0.25) is 0 Å². The van der Waals surface area contributed by atoms with Crippen molar-refractivity contribution in [3.8, 4) is 0 Å². The lowest BCUT2D eigenvalue weighted by Gasteiger charge is -2.13. The van der Waals surface area contributed by atoms with Crippen molar-refractivity contribution in [2.45, 2.75) is 37.5 Å². The Morgan fingerprint density at radius 3 is 3.26 bits per heavy atom. The lowest BCUT2D eigenvalue weighted by atomic mass is 10.2. The highest BCUT2D eigenvalue weighted by Gasteiger charge is 2.24. The van der Waals surface area contributed by atoms with Crippen molar-refractivity contribution in [1.29, 1.82) is 0 Å². The number of nitrogens with zero attached hydrogens (tertiary/aromatic N) is 3. The second kappa shape index (κ2) is 5.24. The Hall–Kier alpha value is -1.50. The highest BCUT2D eigenvalue weighted by atomic mass is 32.2. The van der Waals surface area contributed by atoms with E-state index >= 15 is 0 Å². The highest BCUT2D eigenvalue weighted by Crippen LogP contribution is 2.31. The summed E-state index contributed by atoms with van der Waals surface area (Å²) in [5.41, 5.74) is 0.242. The summed E-state index contributed by atoms with van der Waals surface area (Å²) < 4.78 is 1.29. The largest absolute Gasteiger partial charge is 0.366 e. The Kier molecular flexibility index (Phi) is 3.46. The van der Waals surface area contributed by atoms with Gasteiger partial charge in [-0.05, 0) is 37.1 Å². The van der Waals surface area contributed by atoms with Crippen LogP contribution in [0.3, 0.4) is 0 Å². The first-order valence-electron chi connectivity index (χ1n) is 6.59. The molecule has 0 spiro atoms. The molecule has 0 radical (unpaired) electrons. The van der Waals surface area contributed by atoms with Crippen LogP contribution in [-0.4, -0.2) is 36.9 Å². The van der Waals surface area contributed by atoms with E-state index in [1.54, 1.807) is 6.07 Å². The SMILES string of the molecule is CCSC1CCC(Nc2ccc3n[nH]c(=O)n3n2)C1. The minimum Gasteiger partial charge on any atom is -0.366 e. The summed E-state index contributed by atoms with van der Waals surface area (Å²) in [5, 5.41) is 14.7. The van der Waals surface area contributed by atoms with Crippen molar-refractivity contribution in [1.82, 2.24) is 19.8 Å². The standard InChI is InChI=1S/C12H17N5OS/c1-2-19-9-4-3-8(7-9)13-10-5-6-11-14-15-12(18)17(11)16-10/h5-6,8-9H,2-4,7H2,1H3,(H,13,16)(H,15,18). The molecule has 2 aromatic heterocycles. The van der Waals surface area contributed by atoms with Gasteiger partial charge in [-0.3, -0.25) is 0 Å². The second-order valence-corrected chi connectivity index (χ2v) is 6.33. The van der Waals surface area contributed by atoms with Crippen LogP contribution in [0.4, 0.5) is 5.82 Å². The number of nitrogens with one attached hydrogen (secondary N) is 2. The third kappa shape index (κ3) is 2.60. The number of hydrogen-bond donors (Lipinski definition) is 2. The second-order valence-electron chi connectivity index (χ2n) is 4.75. The maximum absolute atomic E-state index is 11.5. The molecular weight excluding hydrogens is 262 g/mol. The molecule has 6 nitrogen and oxygen atoms in total. The third-order valence-corrected chi connectivity index (χ3v) is 4.65. The summed E-state index contributed by atoms with van der Waals surface area (Å²) in [7, 11) is 0. The van der Waals surface area contributed by atoms with Crippen LogP contribution in [0.5, 0.6) is 0 Å². The number of H-pyrrole nitrogens is 1. The maximum atomic E-state index is 11.5. The monoisotopic (exact) mass is 279 g/mol. The number of thioether (sulfide) groups is 1. The summed E-state index contributed by atoms with van der Waals surface area (Å²) in [6.07, 6.45) is 3.58. The minimum absolute atomic E-state index is 0.301. The van der Waals surface area contributed by atoms with Gasteiger partial charge < -0.3 is 5.32 Å². The van der Waals surface area contributed by atoms with Crippen molar-refractivity contribution in [2.24, 2.45) is 0 Å². The average molecular weight is 279 g/mol. The van der Waals surface area contributed by atoms with Gasteiger partial charge in [0.05, 0.1) is 0 Å². The Morgan fingerprint density at radius 2 is 2.42 bits per heavy atom. The fourth-order valence-electron chi connectivity index (χ4n) is 2.55. The zero-order valence-electron chi connectivity index (χ0n) is 10.8. The number of hydrogen-bond acceptors (Lipinski definition) is 5. The minimum atomic E-state index is -0.301. The van der Waals surface area contributed by atoms with Gasteiger partial charge in [0, 0.05) is 11.3 Å². The summed E-state index contributed by atoms with van der Waals surface area (Å²) in [6, 6.07) is 4.12. The van der Waals surface area contributed by atoms with E-state index in [2.05, 4.69) is 27.5 Å². The molecule has 0 amide bonds. The Morgan fingerprint density at radius 1 is 1.53 bits per heavy atom. The predicted octanol–water partition coefficient (Wildman–Crippen LogP) is 1.50. The number of aromatic amines is 1. The first kappa shape index (κ1) is 12.5. The topological polar surface area (TPSA) is 75.1 Å². The smallest absolute Gasteiger partial charge is 0.364 e. The van der Waals surface area contributed by atoms with E-state index in [-0.39, 0.29) is 5.69 Å². The van der Waals surface area contributed by atoms with Gasteiger partial charge >= 0.3 is 5.69 Å². The molecule has 2 atom stereocenters. The molecule has 1 saturated carbocycles. The maximum Gasteiger partial charge on any atom is 0.364 e. The molecule has 0 aliphatic heterocycles. The lowest BCUT2D eigenvalue weighted by molar-refractivity contribution is 0.742. The van der Waals surface area contributed by atoms with Crippen LogP contribution in [-0.2, 0) is 0 Å². The van der Waals surface area contributed by atoms with Crippen LogP contribution >= 0.6 is 11.8 Å². The fourth-order valence-corrected chi connectivity index (χ4v) is 3.69. The van der Waals surface area contributed by atoms with Gasteiger partial charge in [-0.2, -0.15) is 21.4 Å². The summed E-state index contributed by atoms with van der Waals surface area (Å²) in [6.45, 7) is 2.20. The van der Waals surface area contributed by atoms with E-state index in [0.717, 1.165) is 17.5 Å². The zero-order valence-corrected chi connectivity index (χ0v) is 11.6. The van der Waals surface area contributed by atoms with Crippen molar-refractivity contribution in [2.75, 3.05) is 11.1 Å². The van der Waals surface area contributed by atoms with Gasteiger partial charge in [-0.15, -0.1) is 5.10 Å². The molecule has 1 fully saturated rings. The first-order chi connectivity index (χ1) is 9.26. The Balaban J connectivity index is 1.71. The van der Waals surface area contributed by atoms with Gasteiger partial charge in [-0.25, -0.2) is 9.89 Å². The van der Waals surface area contributed by atoms with E-state index in [4.69, 9.17) is 0 Å². The average Bonchev–Trinajstić information content (AvgIpc) is 2.98. The molecule has 19 heavy (non-hydrogen) atoms. The molecule has 0 bridgehead atoms. The highest BCUT2D eigenvalue weighted by molar-refractivity contribution is 7.99. The molecule has 1 aliphatic rings. The van der Waals surface area contributed by atoms with Crippen LogP contribution < -0.4 is 11.0 Å². The normalized spacial score (nSPS) is 23.0. The lowest BCUT2D eigenvalue weighted by Crippen LogP contribution is -2.19. The van der Waals surface area contributed by atoms with E-state index in [9.17, 15) is 4.79 Å². The summed E-state index contributed by atoms with van der Waals surface area (Å²) in [5.74, 6) is 1.91. The van der Waals surface area contributed by atoms with Crippen LogP contribution in [0.15, 0.2) is 16.9 Å². The molecule has 1 aliphatic carbocycles. The Labute approximate surface area is 115 Å². The van der Waals surface area contributed by atoms with Crippen LogP contribution in [0.1, 0.15) is 26.2 Å². The van der Waals surface area contributed by atoms with E-state index in [1.807, 2.05) is 17.8 Å². The number of anilines is 1. The van der Waals surface area contributed by atoms with Crippen molar-refractivity contribution in [3.63, 3.8) is 0 Å². The van der Waals surface area contributed by atoms with Gasteiger partial charge in [-0.1, -0.05) is 6.92 Å². The van der Waals surface area contributed by atoms with Crippen molar-refractivity contribution in [3.05, 3.63) is 22.6 Å².